The van der Waals surface area contributed by atoms with E-state index in [4.69, 9.17) is 4.74 Å². The zero-order chi connectivity index (χ0) is 21.2. The molecule has 0 radical (unpaired) electrons. The second kappa shape index (κ2) is 8.34. The molecule has 0 aromatic heterocycles. The number of carbonyl (C=O) groups is 2. The lowest BCUT2D eigenvalue weighted by atomic mass is 10.1. The van der Waals surface area contributed by atoms with Crippen LogP contribution in [-0.4, -0.2) is 50.8 Å². The smallest absolute Gasteiger partial charge is 0.321 e. The van der Waals surface area contributed by atoms with E-state index in [0.29, 0.717) is 0 Å². The van der Waals surface area contributed by atoms with Crippen molar-refractivity contribution < 1.29 is 22.7 Å². The van der Waals surface area contributed by atoms with Crippen molar-refractivity contribution in [3.8, 4) is 0 Å². The fourth-order valence-electron chi connectivity index (χ4n) is 3.36. The lowest BCUT2D eigenvalue weighted by Gasteiger charge is -2.23. The van der Waals surface area contributed by atoms with Crippen molar-refractivity contribution >= 4 is 27.6 Å². The largest absolute Gasteiger partial charge is 0.455 e. The van der Waals surface area contributed by atoms with E-state index in [-0.39, 0.29) is 16.8 Å². The number of carbonyl (C=O) groups excluding carboxylic acids is 2. The van der Waals surface area contributed by atoms with Crippen LogP contribution in [0.15, 0.2) is 53.4 Å². The minimum atomic E-state index is -3.82. The van der Waals surface area contributed by atoms with Crippen LogP contribution < -0.4 is 4.90 Å². The lowest BCUT2D eigenvalue weighted by molar-refractivity contribution is -0.147. The number of aryl methyl sites for hydroxylation is 1. The van der Waals surface area contributed by atoms with Crippen LogP contribution in [0.1, 0.15) is 18.1 Å². The van der Waals surface area contributed by atoms with E-state index < -0.39 is 29.1 Å². The van der Waals surface area contributed by atoms with Gasteiger partial charge in [-0.15, -0.1) is 0 Å². The van der Waals surface area contributed by atoms with Crippen LogP contribution >= 0.6 is 0 Å². The van der Waals surface area contributed by atoms with Crippen molar-refractivity contribution in [3.63, 3.8) is 0 Å². The predicted molar refractivity (Wildman–Crippen MR) is 109 cm³/mol. The fraction of sp³-hybridized carbons (Fsp3) is 0.333. The number of likely N-dealkylation sites (N-methyl/N-ethyl adjacent to an activating group) is 1. The van der Waals surface area contributed by atoms with Gasteiger partial charge in [-0.05, 0) is 44.0 Å². The number of anilines is 1. The van der Waals surface area contributed by atoms with Crippen LogP contribution in [0.3, 0.4) is 0 Å². The minimum absolute atomic E-state index is 0.0248. The van der Waals surface area contributed by atoms with Gasteiger partial charge in [-0.3, -0.25) is 9.59 Å². The summed E-state index contributed by atoms with van der Waals surface area (Å²) < 4.78 is 31.1. The highest BCUT2D eigenvalue weighted by molar-refractivity contribution is 7.89. The lowest BCUT2D eigenvalue weighted by Crippen LogP contribution is -2.40. The SMILES string of the molecule is Cc1ccc(S(=O)(=O)N(C)CC(=O)OCC(=O)N2c3ccccc3C[C@H]2C)cc1. The van der Waals surface area contributed by atoms with E-state index in [9.17, 15) is 18.0 Å². The van der Waals surface area contributed by atoms with Gasteiger partial charge in [0.05, 0.1) is 4.90 Å². The number of rotatable bonds is 6. The third kappa shape index (κ3) is 4.49. The van der Waals surface area contributed by atoms with Gasteiger partial charge in [0, 0.05) is 18.8 Å². The third-order valence-electron chi connectivity index (χ3n) is 4.91. The second-order valence-electron chi connectivity index (χ2n) is 7.18. The Morgan fingerprint density at radius 2 is 1.79 bits per heavy atom. The van der Waals surface area contributed by atoms with E-state index in [1.807, 2.05) is 38.1 Å². The molecule has 0 bridgehead atoms. The van der Waals surface area contributed by atoms with Crippen molar-refractivity contribution in [1.29, 1.82) is 0 Å². The summed E-state index contributed by atoms with van der Waals surface area (Å²) in [6, 6.07) is 13.9. The van der Waals surface area contributed by atoms with Crippen molar-refractivity contribution in [1.82, 2.24) is 4.31 Å². The molecule has 0 saturated carbocycles. The Balaban J connectivity index is 1.58. The number of sulfonamides is 1. The van der Waals surface area contributed by atoms with Gasteiger partial charge in [0.2, 0.25) is 10.0 Å². The monoisotopic (exact) mass is 416 g/mol. The van der Waals surface area contributed by atoms with Crippen LogP contribution in [0.25, 0.3) is 0 Å². The molecule has 2 aromatic carbocycles. The number of esters is 1. The summed E-state index contributed by atoms with van der Waals surface area (Å²) in [5.41, 5.74) is 2.82. The van der Waals surface area contributed by atoms with Crippen molar-refractivity contribution in [3.05, 3.63) is 59.7 Å². The molecule has 0 aliphatic carbocycles. The first-order valence-electron chi connectivity index (χ1n) is 9.28. The number of ether oxygens (including phenoxy) is 1. The summed E-state index contributed by atoms with van der Waals surface area (Å²) in [6.45, 7) is 2.88. The average Bonchev–Trinajstić information content (AvgIpc) is 3.02. The Kier molecular flexibility index (Phi) is 6.04. The van der Waals surface area contributed by atoms with Crippen molar-refractivity contribution in [2.45, 2.75) is 31.2 Å². The molecular formula is C21H24N2O5S. The van der Waals surface area contributed by atoms with E-state index in [2.05, 4.69) is 0 Å². The molecule has 1 heterocycles. The molecule has 8 heteroatoms. The first-order valence-corrected chi connectivity index (χ1v) is 10.7. The zero-order valence-electron chi connectivity index (χ0n) is 16.7. The van der Waals surface area contributed by atoms with Gasteiger partial charge in [0.15, 0.2) is 6.61 Å². The molecule has 1 atom stereocenters. The molecule has 1 amide bonds. The van der Waals surface area contributed by atoms with Gasteiger partial charge in [-0.25, -0.2) is 8.42 Å². The number of amides is 1. The van der Waals surface area contributed by atoms with Gasteiger partial charge in [0.1, 0.15) is 6.54 Å². The molecular weight excluding hydrogens is 392 g/mol. The number of nitrogens with zero attached hydrogens (tertiary/aromatic N) is 2. The first-order chi connectivity index (χ1) is 13.7. The molecule has 0 N–H and O–H groups in total. The number of fused-ring (bicyclic) bond motifs is 1. The van der Waals surface area contributed by atoms with Crippen LogP contribution in [0.5, 0.6) is 0 Å². The van der Waals surface area contributed by atoms with E-state index in [1.54, 1.807) is 17.0 Å². The quantitative estimate of drug-likeness (QED) is 0.674. The van der Waals surface area contributed by atoms with Crippen molar-refractivity contribution in [2.75, 3.05) is 25.1 Å². The van der Waals surface area contributed by atoms with Crippen LogP contribution in [0.4, 0.5) is 5.69 Å². The molecule has 2 aromatic rings. The summed E-state index contributed by atoms with van der Waals surface area (Å²) in [7, 11) is -2.51. The van der Waals surface area contributed by atoms with Crippen LogP contribution in [-0.2, 0) is 30.8 Å². The normalized spacial score (nSPS) is 16.0. The molecule has 1 aliphatic heterocycles. The van der Waals surface area contributed by atoms with Crippen LogP contribution in [0, 0.1) is 6.92 Å². The summed E-state index contributed by atoms with van der Waals surface area (Å²) in [5, 5.41) is 0. The second-order valence-corrected chi connectivity index (χ2v) is 9.23. The average molecular weight is 416 g/mol. The van der Waals surface area contributed by atoms with Gasteiger partial charge >= 0.3 is 5.97 Å². The van der Waals surface area contributed by atoms with E-state index in [1.165, 1.54) is 19.2 Å². The maximum Gasteiger partial charge on any atom is 0.321 e. The standard InChI is InChI=1S/C21H24N2O5S/c1-15-8-10-18(11-9-15)29(26,27)22(3)13-21(25)28-14-20(24)23-16(2)12-17-6-4-5-7-19(17)23/h4-11,16H,12-14H2,1-3H3/t16-/m1/s1. The molecule has 154 valence electrons. The molecule has 0 unspecified atom stereocenters. The summed E-state index contributed by atoms with van der Waals surface area (Å²) in [6.07, 6.45) is 0.743. The predicted octanol–water partition coefficient (Wildman–Crippen LogP) is 2.14. The number of para-hydroxylation sites is 1. The Labute approximate surface area is 170 Å². The zero-order valence-corrected chi connectivity index (χ0v) is 17.5. The Morgan fingerprint density at radius 3 is 2.48 bits per heavy atom. The number of benzene rings is 2. The summed E-state index contributed by atoms with van der Waals surface area (Å²) in [4.78, 5) is 26.4. The first kappa shape index (κ1) is 21.0. The summed E-state index contributed by atoms with van der Waals surface area (Å²) in [5.74, 6) is -1.11. The molecule has 0 fully saturated rings. The fourth-order valence-corrected chi connectivity index (χ4v) is 4.48. The highest BCUT2D eigenvalue weighted by Crippen LogP contribution is 2.31. The molecule has 29 heavy (non-hydrogen) atoms. The topological polar surface area (TPSA) is 84.0 Å². The number of hydrogen-bond donors (Lipinski definition) is 0. The molecule has 7 nitrogen and oxygen atoms in total. The molecule has 0 spiro atoms. The van der Waals surface area contributed by atoms with Crippen molar-refractivity contribution in [2.24, 2.45) is 0 Å². The minimum Gasteiger partial charge on any atom is -0.455 e. The van der Waals surface area contributed by atoms with Gasteiger partial charge in [0.25, 0.3) is 5.91 Å². The van der Waals surface area contributed by atoms with Gasteiger partial charge < -0.3 is 9.64 Å². The third-order valence-corrected chi connectivity index (χ3v) is 6.73. The highest BCUT2D eigenvalue weighted by atomic mass is 32.2. The summed E-state index contributed by atoms with van der Waals surface area (Å²) >= 11 is 0. The van der Waals surface area contributed by atoms with E-state index in [0.717, 1.165) is 27.5 Å². The molecule has 3 rings (SSSR count). The Bertz CT molecular complexity index is 1020. The molecule has 1 aliphatic rings. The van der Waals surface area contributed by atoms with Gasteiger partial charge in [-0.1, -0.05) is 35.9 Å². The van der Waals surface area contributed by atoms with Crippen LogP contribution in [0.2, 0.25) is 0 Å². The Hall–Kier alpha value is -2.71. The molecule has 0 saturated heterocycles. The van der Waals surface area contributed by atoms with Gasteiger partial charge in [-0.2, -0.15) is 4.31 Å². The Morgan fingerprint density at radius 1 is 1.14 bits per heavy atom. The maximum atomic E-state index is 12.6. The van der Waals surface area contributed by atoms with E-state index >= 15 is 0 Å². The number of hydrogen-bond acceptors (Lipinski definition) is 5. The highest BCUT2D eigenvalue weighted by Gasteiger charge is 2.31. The maximum absolute atomic E-state index is 12.6.